The second kappa shape index (κ2) is 8.25. The highest BCUT2D eigenvalue weighted by molar-refractivity contribution is 5.95. The zero-order chi connectivity index (χ0) is 22.1. The zero-order valence-corrected chi connectivity index (χ0v) is 16.6. The van der Waals surface area contributed by atoms with Crippen molar-refractivity contribution in [2.45, 2.75) is 38.9 Å². The molecule has 1 heterocycles. The van der Waals surface area contributed by atoms with Crippen molar-refractivity contribution in [2.75, 3.05) is 11.9 Å². The van der Waals surface area contributed by atoms with Crippen LogP contribution in [0.15, 0.2) is 30.3 Å². The van der Waals surface area contributed by atoms with E-state index in [0.29, 0.717) is 24.0 Å². The first-order valence-electron chi connectivity index (χ1n) is 9.15. The third-order valence-corrected chi connectivity index (χ3v) is 4.37. The molecule has 1 aliphatic heterocycles. The molecule has 160 valence electrons. The number of benzene rings is 2. The lowest BCUT2D eigenvalue weighted by Crippen LogP contribution is -2.32. The normalized spacial score (nSPS) is 15.0. The predicted molar refractivity (Wildman–Crippen MR) is 101 cm³/mol. The lowest BCUT2D eigenvalue weighted by Gasteiger charge is -2.18. The molecule has 0 aliphatic carbocycles. The number of halogens is 3. The molecule has 2 aromatic rings. The highest BCUT2D eigenvalue weighted by Gasteiger charge is 2.32. The number of fused-ring (bicyclic) bond motifs is 1. The molecule has 0 fully saturated rings. The van der Waals surface area contributed by atoms with E-state index in [1.807, 2.05) is 25.2 Å². The molecule has 1 aliphatic rings. The summed E-state index contributed by atoms with van der Waals surface area (Å²) in [5, 5.41) is 2.04. The Morgan fingerprint density at radius 2 is 1.90 bits per heavy atom. The van der Waals surface area contributed by atoms with Gasteiger partial charge in [0.15, 0.2) is 41.7 Å². The van der Waals surface area contributed by atoms with E-state index in [4.69, 9.17) is 14.2 Å². The first-order chi connectivity index (χ1) is 14.1. The lowest BCUT2D eigenvalue weighted by molar-refractivity contribution is -0.155. The summed E-state index contributed by atoms with van der Waals surface area (Å²) in [5.41, 5.74) is -0.00544. The summed E-state index contributed by atoms with van der Waals surface area (Å²) >= 11 is 0. The van der Waals surface area contributed by atoms with Gasteiger partial charge in [-0.2, -0.15) is 0 Å². The number of anilines is 1. The van der Waals surface area contributed by atoms with Gasteiger partial charge in [-0.25, -0.2) is 18.0 Å². The summed E-state index contributed by atoms with van der Waals surface area (Å²) in [6.45, 7) is 4.62. The quantitative estimate of drug-likeness (QED) is 0.566. The van der Waals surface area contributed by atoms with Gasteiger partial charge >= 0.3 is 5.97 Å². The Morgan fingerprint density at radius 3 is 2.63 bits per heavy atom. The maximum Gasteiger partial charge on any atom is 0.344 e. The molecule has 0 saturated heterocycles. The molecule has 0 aromatic heterocycles. The second-order valence-corrected chi connectivity index (χ2v) is 7.42. The van der Waals surface area contributed by atoms with Gasteiger partial charge in [0.25, 0.3) is 5.91 Å². The fourth-order valence-electron chi connectivity index (χ4n) is 2.98. The van der Waals surface area contributed by atoms with Crippen LogP contribution in [0.1, 0.15) is 26.3 Å². The Balaban J connectivity index is 1.55. The predicted octanol–water partition coefficient (Wildman–Crippen LogP) is 3.77. The molecule has 2 aromatic carbocycles. The van der Waals surface area contributed by atoms with Crippen molar-refractivity contribution in [1.29, 1.82) is 0 Å². The van der Waals surface area contributed by atoms with E-state index in [1.54, 1.807) is 12.1 Å². The van der Waals surface area contributed by atoms with E-state index >= 15 is 0 Å². The van der Waals surface area contributed by atoms with Crippen LogP contribution in [0.2, 0.25) is 0 Å². The van der Waals surface area contributed by atoms with E-state index in [9.17, 15) is 22.8 Å². The molecule has 1 N–H and O–H groups in total. The minimum atomic E-state index is -1.72. The molecule has 3 rings (SSSR count). The van der Waals surface area contributed by atoms with Crippen molar-refractivity contribution in [3.05, 3.63) is 53.3 Å². The van der Waals surface area contributed by atoms with Gasteiger partial charge in [-0.1, -0.05) is 12.1 Å². The van der Waals surface area contributed by atoms with Gasteiger partial charge in [0.05, 0.1) is 5.69 Å². The average molecular weight is 423 g/mol. The average Bonchev–Trinajstić information content (AvgIpc) is 3.01. The van der Waals surface area contributed by atoms with E-state index in [-0.39, 0.29) is 5.60 Å². The van der Waals surface area contributed by atoms with Gasteiger partial charge in [0.2, 0.25) is 0 Å². The van der Waals surface area contributed by atoms with Crippen LogP contribution in [0.3, 0.4) is 0 Å². The van der Waals surface area contributed by atoms with Crippen LogP contribution in [0.4, 0.5) is 18.9 Å². The number of para-hydroxylation sites is 1. The summed E-state index contributed by atoms with van der Waals surface area (Å²) in [5.74, 6) is -5.50. The summed E-state index contributed by atoms with van der Waals surface area (Å²) in [7, 11) is 0. The third-order valence-electron chi connectivity index (χ3n) is 4.37. The number of amides is 1. The molecule has 0 spiro atoms. The Morgan fingerprint density at radius 1 is 1.17 bits per heavy atom. The lowest BCUT2D eigenvalue weighted by atomic mass is 10.0. The smallest absolute Gasteiger partial charge is 0.344 e. The molecule has 0 bridgehead atoms. The number of carbonyl (C=O) groups is 2. The number of ether oxygens (including phenoxy) is 3. The minimum Gasteiger partial charge on any atom is -0.483 e. The molecule has 30 heavy (non-hydrogen) atoms. The van der Waals surface area contributed by atoms with Crippen LogP contribution >= 0.6 is 0 Å². The van der Waals surface area contributed by atoms with Crippen LogP contribution in [0.25, 0.3) is 0 Å². The number of nitrogens with one attached hydrogen (secondary N) is 1. The first-order valence-corrected chi connectivity index (χ1v) is 9.15. The van der Waals surface area contributed by atoms with Crippen molar-refractivity contribution in [1.82, 2.24) is 0 Å². The van der Waals surface area contributed by atoms with E-state index in [2.05, 4.69) is 0 Å². The monoisotopic (exact) mass is 423 g/mol. The van der Waals surface area contributed by atoms with Gasteiger partial charge < -0.3 is 19.5 Å². The Hall–Kier alpha value is -3.23. The highest BCUT2D eigenvalue weighted by atomic mass is 19.2. The maximum absolute atomic E-state index is 13.7. The molecule has 1 amide bonds. The Kier molecular flexibility index (Phi) is 5.91. The SMILES string of the molecule is CC(OC(=O)COc1cccc2c1OC(C)(C)C2)C(=O)Nc1ccc(F)c(F)c1F. The summed E-state index contributed by atoms with van der Waals surface area (Å²) in [6, 6.07) is 6.85. The molecule has 0 saturated carbocycles. The highest BCUT2D eigenvalue weighted by Crippen LogP contribution is 2.41. The van der Waals surface area contributed by atoms with Gasteiger partial charge in [-0.05, 0) is 39.0 Å². The Labute approximate surface area is 170 Å². The standard InChI is InChI=1S/C21H20F3NO5/c1-11(20(27)25-14-8-7-13(22)17(23)18(14)24)29-16(26)10-28-15-6-4-5-12-9-21(2,3)30-19(12)15/h4-8,11H,9-10H2,1-3H3,(H,25,27). The minimum absolute atomic E-state index is 0.371. The zero-order valence-electron chi connectivity index (χ0n) is 16.6. The van der Waals surface area contributed by atoms with Crippen molar-refractivity contribution in [2.24, 2.45) is 0 Å². The van der Waals surface area contributed by atoms with Gasteiger partial charge in [0.1, 0.15) is 5.60 Å². The topological polar surface area (TPSA) is 73.9 Å². The van der Waals surface area contributed by atoms with Crippen molar-refractivity contribution in [3.8, 4) is 11.5 Å². The molecule has 1 atom stereocenters. The van der Waals surface area contributed by atoms with Crippen LogP contribution < -0.4 is 14.8 Å². The van der Waals surface area contributed by atoms with Crippen LogP contribution in [0, 0.1) is 17.5 Å². The number of hydrogen-bond donors (Lipinski definition) is 1. The number of carbonyl (C=O) groups excluding carboxylic acids is 2. The molecule has 1 unspecified atom stereocenters. The third kappa shape index (κ3) is 4.67. The van der Waals surface area contributed by atoms with E-state index < -0.39 is 47.7 Å². The molecular formula is C21H20F3NO5. The largest absolute Gasteiger partial charge is 0.483 e. The summed E-state index contributed by atoms with van der Waals surface area (Å²) in [6.07, 6.45) is -0.632. The summed E-state index contributed by atoms with van der Waals surface area (Å²) in [4.78, 5) is 24.1. The van der Waals surface area contributed by atoms with Gasteiger partial charge in [0, 0.05) is 12.0 Å². The molecular weight excluding hydrogens is 403 g/mol. The van der Waals surface area contributed by atoms with Crippen molar-refractivity contribution < 1.29 is 37.0 Å². The fraction of sp³-hybridized carbons (Fsp3) is 0.333. The maximum atomic E-state index is 13.7. The Bertz CT molecular complexity index is 993. The van der Waals surface area contributed by atoms with Crippen LogP contribution in [0.5, 0.6) is 11.5 Å². The van der Waals surface area contributed by atoms with Crippen molar-refractivity contribution in [3.63, 3.8) is 0 Å². The van der Waals surface area contributed by atoms with Crippen molar-refractivity contribution >= 4 is 17.6 Å². The number of esters is 1. The second-order valence-electron chi connectivity index (χ2n) is 7.42. The number of rotatable bonds is 6. The number of hydrogen-bond acceptors (Lipinski definition) is 5. The molecule has 9 heteroatoms. The van der Waals surface area contributed by atoms with Crippen LogP contribution in [-0.4, -0.2) is 30.2 Å². The van der Waals surface area contributed by atoms with E-state index in [1.165, 1.54) is 6.92 Å². The fourth-order valence-corrected chi connectivity index (χ4v) is 2.98. The first kappa shape index (κ1) is 21.5. The van der Waals surface area contributed by atoms with Gasteiger partial charge in [-0.15, -0.1) is 0 Å². The summed E-state index contributed by atoms with van der Waals surface area (Å²) < 4.78 is 56.1. The molecule has 0 radical (unpaired) electrons. The molecule has 6 nitrogen and oxygen atoms in total. The van der Waals surface area contributed by atoms with E-state index in [0.717, 1.165) is 11.6 Å². The van der Waals surface area contributed by atoms with Crippen LogP contribution in [-0.2, 0) is 20.7 Å². The van der Waals surface area contributed by atoms with Gasteiger partial charge in [-0.3, -0.25) is 4.79 Å².